The molecule has 0 N–H and O–H groups in total. The zero-order chi connectivity index (χ0) is 30.5. The van der Waals surface area contributed by atoms with E-state index in [0.29, 0.717) is 16.9 Å². The smallest absolute Gasteiger partial charge is 0.219 e. The van der Waals surface area contributed by atoms with E-state index in [9.17, 15) is 5.26 Å². The van der Waals surface area contributed by atoms with Crippen molar-refractivity contribution in [1.82, 2.24) is 4.57 Å². The monoisotopic (exact) mass is 557 g/mol. The van der Waals surface area contributed by atoms with Crippen LogP contribution in [0.1, 0.15) is 58.2 Å². The molecule has 0 aliphatic heterocycles. The molecule has 3 heteroatoms. The zero-order valence-electron chi connectivity index (χ0n) is 25.7. The van der Waals surface area contributed by atoms with Crippen molar-refractivity contribution in [2.45, 2.75) is 52.4 Å². The molecule has 6 rings (SSSR count). The molecule has 0 radical (unpaired) electrons. The minimum Gasteiger partial charge on any atom is -0.318 e. The average molecular weight is 558 g/mol. The summed E-state index contributed by atoms with van der Waals surface area (Å²) >= 11 is 0. The Morgan fingerprint density at radius 3 is 1.51 bits per heavy atom. The van der Waals surface area contributed by atoms with E-state index in [1.165, 1.54) is 11.1 Å². The van der Waals surface area contributed by atoms with Gasteiger partial charge in [0.2, 0.25) is 5.69 Å². The lowest BCUT2D eigenvalue weighted by molar-refractivity contribution is 0.590. The summed E-state index contributed by atoms with van der Waals surface area (Å²) in [5, 5.41) is 13.1. The van der Waals surface area contributed by atoms with Crippen molar-refractivity contribution in [2.24, 2.45) is 0 Å². The van der Waals surface area contributed by atoms with Crippen LogP contribution in [0.25, 0.3) is 54.6 Å². The van der Waals surface area contributed by atoms with Gasteiger partial charge >= 0.3 is 0 Å². The molecule has 1 heterocycles. The number of rotatable bonds is 3. The molecule has 43 heavy (non-hydrogen) atoms. The molecule has 0 spiro atoms. The Hall–Kier alpha value is -5.12. The fourth-order valence-electron chi connectivity index (χ4n) is 5.98. The quantitative estimate of drug-likeness (QED) is 0.199. The second-order valence-electron chi connectivity index (χ2n) is 13.3. The molecule has 3 nitrogen and oxygen atoms in total. The first-order chi connectivity index (χ1) is 20.5. The van der Waals surface area contributed by atoms with Gasteiger partial charge in [0.25, 0.3) is 0 Å². The van der Waals surface area contributed by atoms with Crippen molar-refractivity contribution in [3.8, 4) is 34.0 Å². The van der Waals surface area contributed by atoms with Crippen molar-refractivity contribution in [3.63, 3.8) is 0 Å². The molecule has 5 aromatic carbocycles. The summed E-state index contributed by atoms with van der Waals surface area (Å²) in [6.45, 7) is 21.9. The number of hydrogen-bond donors (Lipinski definition) is 0. The summed E-state index contributed by atoms with van der Waals surface area (Å²) in [6, 6.07) is 37.9. The molecular formula is C40H35N3. The third-order valence-electron chi connectivity index (χ3n) is 8.39. The van der Waals surface area contributed by atoms with E-state index in [-0.39, 0.29) is 10.8 Å². The van der Waals surface area contributed by atoms with Crippen molar-refractivity contribution < 1.29 is 0 Å². The zero-order valence-corrected chi connectivity index (χ0v) is 25.7. The first kappa shape index (κ1) is 28.0. The van der Waals surface area contributed by atoms with E-state index in [4.69, 9.17) is 6.57 Å². The maximum atomic E-state index is 10.8. The standard InChI is InChI=1S/C40H35N3/c1-39(2,3)28-18-20-35-32(22-28)33-23-29(40(4,5)6)19-21-36(33)43(35)38-34(25-41)30(26-14-10-8-11-15-26)24-31(37(38)42-7)27-16-12-9-13-17-27/h8-24H,1-6H3. The predicted octanol–water partition coefficient (Wildman–Crippen LogP) is 11.1. The average Bonchev–Trinajstić information content (AvgIpc) is 3.32. The fraction of sp³-hybridized carbons (Fsp3) is 0.200. The minimum atomic E-state index is -0.0303. The Kier molecular flexibility index (Phi) is 6.71. The third kappa shape index (κ3) is 4.78. The molecule has 0 bridgehead atoms. The number of nitrogens with zero attached hydrogens (tertiary/aromatic N) is 3. The van der Waals surface area contributed by atoms with Crippen LogP contribution in [0.3, 0.4) is 0 Å². The highest BCUT2D eigenvalue weighted by Gasteiger charge is 2.26. The normalized spacial score (nSPS) is 11.9. The van der Waals surface area contributed by atoms with Gasteiger partial charge in [-0.25, -0.2) is 4.85 Å². The van der Waals surface area contributed by atoms with Gasteiger partial charge in [0, 0.05) is 10.8 Å². The number of hydrogen-bond acceptors (Lipinski definition) is 1. The molecule has 1 aromatic heterocycles. The largest absolute Gasteiger partial charge is 0.318 e. The Morgan fingerprint density at radius 1 is 0.628 bits per heavy atom. The van der Waals surface area contributed by atoms with Gasteiger partial charge < -0.3 is 4.57 Å². The van der Waals surface area contributed by atoms with Crippen molar-refractivity contribution in [1.29, 1.82) is 5.26 Å². The summed E-state index contributed by atoms with van der Waals surface area (Å²) in [5.74, 6) is 0. The molecule has 0 atom stereocenters. The molecule has 0 saturated carbocycles. The molecule has 210 valence electrons. The van der Waals surface area contributed by atoms with Crippen LogP contribution in [-0.2, 0) is 10.8 Å². The van der Waals surface area contributed by atoms with Crippen LogP contribution in [0.4, 0.5) is 5.69 Å². The molecule has 0 amide bonds. The van der Waals surface area contributed by atoms with E-state index in [2.05, 4.69) is 93.4 Å². The molecule has 0 fully saturated rings. The molecule has 0 unspecified atom stereocenters. The van der Waals surface area contributed by atoms with Crippen molar-refractivity contribution >= 4 is 27.5 Å². The van der Waals surface area contributed by atoms with Gasteiger partial charge in [-0.3, -0.25) is 0 Å². The number of nitriles is 1. The maximum absolute atomic E-state index is 10.8. The van der Waals surface area contributed by atoms with Crippen LogP contribution in [0.15, 0.2) is 103 Å². The first-order valence-corrected chi connectivity index (χ1v) is 14.7. The summed E-state index contributed by atoms with van der Waals surface area (Å²) in [7, 11) is 0. The van der Waals surface area contributed by atoms with Crippen LogP contribution >= 0.6 is 0 Å². The van der Waals surface area contributed by atoms with Gasteiger partial charge in [0.1, 0.15) is 6.07 Å². The third-order valence-corrected chi connectivity index (χ3v) is 8.39. The van der Waals surface area contributed by atoms with E-state index >= 15 is 0 Å². The topological polar surface area (TPSA) is 33.1 Å². The molecule has 6 aromatic rings. The molecular weight excluding hydrogens is 522 g/mol. The van der Waals surface area contributed by atoms with E-state index in [0.717, 1.165) is 44.1 Å². The lowest BCUT2D eigenvalue weighted by atomic mass is 9.85. The Balaban J connectivity index is 1.84. The van der Waals surface area contributed by atoms with E-state index < -0.39 is 0 Å². The summed E-state index contributed by atoms with van der Waals surface area (Å²) in [4.78, 5) is 4.15. The summed E-state index contributed by atoms with van der Waals surface area (Å²) in [5.41, 5.74) is 9.52. The van der Waals surface area contributed by atoms with E-state index in [1.54, 1.807) is 0 Å². The number of aromatic nitrogens is 1. The highest BCUT2D eigenvalue weighted by molar-refractivity contribution is 6.11. The van der Waals surface area contributed by atoms with E-state index in [1.807, 2.05) is 66.7 Å². The van der Waals surface area contributed by atoms with Crippen LogP contribution in [-0.4, -0.2) is 4.57 Å². The SMILES string of the molecule is [C-]#[N+]c1c(-c2ccccc2)cc(-c2ccccc2)c(C#N)c1-n1c2ccc(C(C)(C)C)cc2c2cc(C(C)(C)C)ccc21. The summed E-state index contributed by atoms with van der Waals surface area (Å²) in [6.07, 6.45) is 0. The van der Waals surface area contributed by atoms with Crippen LogP contribution in [0, 0.1) is 17.9 Å². The molecule has 0 aliphatic carbocycles. The van der Waals surface area contributed by atoms with Crippen molar-refractivity contribution in [3.05, 3.63) is 131 Å². The Morgan fingerprint density at radius 2 is 1.09 bits per heavy atom. The van der Waals surface area contributed by atoms with Gasteiger partial charge in [-0.1, -0.05) is 120 Å². The highest BCUT2D eigenvalue weighted by atomic mass is 15.0. The first-order valence-electron chi connectivity index (χ1n) is 14.7. The molecule has 0 aliphatic rings. The van der Waals surface area contributed by atoms with Crippen molar-refractivity contribution in [2.75, 3.05) is 0 Å². The summed E-state index contributed by atoms with van der Waals surface area (Å²) < 4.78 is 2.16. The lowest BCUT2D eigenvalue weighted by Gasteiger charge is -2.21. The molecule has 0 saturated heterocycles. The van der Waals surface area contributed by atoms with Gasteiger partial charge in [0.05, 0.1) is 28.9 Å². The number of benzene rings is 5. The van der Waals surface area contributed by atoms with Crippen LogP contribution < -0.4 is 0 Å². The predicted molar refractivity (Wildman–Crippen MR) is 180 cm³/mol. The van der Waals surface area contributed by atoms with Crippen LogP contribution in [0.5, 0.6) is 0 Å². The van der Waals surface area contributed by atoms with Gasteiger partial charge in [0.15, 0.2) is 0 Å². The van der Waals surface area contributed by atoms with Gasteiger partial charge in [-0.2, -0.15) is 5.26 Å². The van der Waals surface area contributed by atoms with Gasteiger partial charge in [-0.05, 0) is 68.5 Å². The maximum Gasteiger partial charge on any atom is 0.219 e. The second kappa shape index (κ2) is 10.3. The van der Waals surface area contributed by atoms with Gasteiger partial charge in [-0.15, -0.1) is 0 Å². The highest BCUT2D eigenvalue weighted by Crippen LogP contribution is 2.46. The Labute approximate surface area is 254 Å². The number of fused-ring (bicyclic) bond motifs is 3. The second-order valence-corrected chi connectivity index (χ2v) is 13.3. The fourth-order valence-corrected chi connectivity index (χ4v) is 5.98. The minimum absolute atomic E-state index is 0.0303. The Bertz CT molecular complexity index is 1940. The van der Waals surface area contributed by atoms with Crippen LogP contribution in [0.2, 0.25) is 0 Å². The lowest BCUT2D eigenvalue weighted by Crippen LogP contribution is -2.10.